The van der Waals surface area contributed by atoms with Gasteiger partial charge in [-0.1, -0.05) is 36.4 Å². The Balaban J connectivity index is 2.18. The van der Waals surface area contributed by atoms with Crippen molar-refractivity contribution in [3.05, 3.63) is 54.1 Å². The van der Waals surface area contributed by atoms with Crippen molar-refractivity contribution < 1.29 is 21.2 Å². The molecule has 0 aliphatic carbocycles. The zero-order chi connectivity index (χ0) is 20.5. The third kappa shape index (κ3) is 5.35. The fourth-order valence-electron chi connectivity index (χ4n) is 2.35. The Kier molecular flexibility index (Phi) is 6.10. The van der Waals surface area contributed by atoms with Crippen LogP contribution in [0.15, 0.2) is 53.4 Å². The van der Waals surface area contributed by atoms with Gasteiger partial charge in [0.25, 0.3) is 0 Å². The first-order valence-corrected chi connectivity index (χ1v) is 11.3. The predicted molar refractivity (Wildman–Crippen MR) is 104 cm³/mol. The van der Waals surface area contributed by atoms with Crippen molar-refractivity contribution in [3.8, 4) is 11.1 Å². The molecule has 0 radical (unpaired) electrons. The maximum atomic E-state index is 14.9. The van der Waals surface area contributed by atoms with Gasteiger partial charge in [-0.3, -0.25) is 0 Å². The number of hydrogen-bond acceptors (Lipinski definition) is 4. The fourth-order valence-corrected chi connectivity index (χ4v) is 3.67. The molecule has 6 nitrogen and oxygen atoms in total. The van der Waals surface area contributed by atoms with Gasteiger partial charge >= 0.3 is 0 Å². The van der Waals surface area contributed by atoms with E-state index in [0.717, 1.165) is 11.1 Å². The smallest absolute Gasteiger partial charge is 0.238 e. The molecule has 0 saturated carbocycles. The molecule has 2 rings (SSSR count). The molecule has 0 amide bonds. The highest BCUT2D eigenvalue weighted by Crippen LogP contribution is 2.28. The van der Waals surface area contributed by atoms with Crippen LogP contribution in [-0.4, -0.2) is 28.6 Å². The number of sulfonamides is 2. The van der Waals surface area contributed by atoms with Crippen LogP contribution < -0.4 is 9.86 Å². The maximum Gasteiger partial charge on any atom is 0.238 e. The number of alkyl halides is 1. The zero-order valence-electron chi connectivity index (χ0n) is 15.3. The van der Waals surface area contributed by atoms with Crippen molar-refractivity contribution in [3.63, 3.8) is 0 Å². The third-order valence-corrected chi connectivity index (χ3v) is 6.95. The number of nitrogens with one attached hydrogen (secondary N) is 1. The molecular weight excluding hydrogens is 391 g/mol. The first kappa shape index (κ1) is 21.5. The largest absolute Gasteiger partial charge is 0.238 e. The van der Waals surface area contributed by atoms with Crippen molar-refractivity contribution in [2.24, 2.45) is 5.14 Å². The summed E-state index contributed by atoms with van der Waals surface area (Å²) in [6, 6.07) is 12.6. The zero-order valence-corrected chi connectivity index (χ0v) is 16.9. The standard InChI is InChI=1S/C18H23FN2O4S2/c1-13(2)27(24,25)21-12-18(3,19)16-8-4-14(5-9-16)15-6-10-17(11-7-15)26(20,22)23/h4-11,13,21H,12H2,1-3H3,(H2,20,22,23). The van der Waals surface area contributed by atoms with Crippen LogP contribution in [0.1, 0.15) is 26.3 Å². The first-order chi connectivity index (χ1) is 12.3. The molecule has 0 bridgehead atoms. The highest BCUT2D eigenvalue weighted by Gasteiger charge is 2.29. The summed E-state index contributed by atoms with van der Waals surface area (Å²) in [5, 5.41) is 4.43. The number of benzene rings is 2. The molecule has 9 heteroatoms. The molecule has 0 fully saturated rings. The Morgan fingerprint density at radius 2 is 1.41 bits per heavy atom. The van der Waals surface area contributed by atoms with E-state index in [2.05, 4.69) is 4.72 Å². The van der Waals surface area contributed by atoms with Gasteiger partial charge in [-0.2, -0.15) is 0 Å². The molecule has 27 heavy (non-hydrogen) atoms. The summed E-state index contributed by atoms with van der Waals surface area (Å²) in [5.74, 6) is 0. The molecule has 0 aliphatic heterocycles. The van der Waals surface area contributed by atoms with E-state index < -0.39 is 31.0 Å². The molecule has 2 aromatic carbocycles. The SMILES string of the molecule is CC(C)S(=O)(=O)NCC(C)(F)c1ccc(-c2ccc(S(N)(=O)=O)cc2)cc1. The summed E-state index contributed by atoms with van der Waals surface area (Å²) in [5.41, 5.74) is -0.0370. The van der Waals surface area contributed by atoms with E-state index >= 15 is 0 Å². The number of hydrogen-bond donors (Lipinski definition) is 2. The third-order valence-electron chi connectivity index (χ3n) is 4.23. The van der Waals surface area contributed by atoms with E-state index in [4.69, 9.17) is 5.14 Å². The predicted octanol–water partition coefficient (Wildman–Crippen LogP) is 2.51. The summed E-state index contributed by atoms with van der Waals surface area (Å²) in [6.07, 6.45) is 0. The normalized spacial score (nSPS) is 14.9. The summed E-state index contributed by atoms with van der Waals surface area (Å²) in [7, 11) is -7.31. The van der Waals surface area contributed by atoms with Gasteiger partial charge in [-0.25, -0.2) is 31.1 Å². The molecule has 0 heterocycles. The maximum absolute atomic E-state index is 14.9. The number of primary sulfonamides is 1. The molecule has 2 aromatic rings. The average Bonchev–Trinajstić information content (AvgIpc) is 2.59. The van der Waals surface area contributed by atoms with Gasteiger partial charge in [0.15, 0.2) is 0 Å². The Hall–Kier alpha value is -1.81. The average molecular weight is 415 g/mol. The van der Waals surface area contributed by atoms with Gasteiger partial charge in [0.2, 0.25) is 20.0 Å². The molecule has 0 spiro atoms. The molecule has 148 valence electrons. The molecular formula is C18H23FN2O4S2. The highest BCUT2D eigenvalue weighted by molar-refractivity contribution is 7.90. The van der Waals surface area contributed by atoms with E-state index in [-0.39, 0.29) is 11.4 Å². The van der Waals surface area contributed by atoms with Crippen LogP contribution in [0.25, 0.3) is 11.1 Å². The minimum Gasteiger partial charge on any atom is -0.238 e. The van der Waals surface area contributed by atoms with Gasteiger partial charge in [0.05, 0.1) is 10.1 Å². The van der Waals surface area contributed by atoms with E-state index in [1.165, 1.54) is 32.9 Å². The van der Waals surface area contributed by atoms with E-state index in [1.807, 2.05) is 0 Å². The lowest BCUT2D eigenvalue weighted by Crippen LogP contribution is -2.39. The lowest BCUT2D eigenvalue weighted by molar-refractivity contribution is 0.196. The van der Waals surface area contributed by atoms with Crippen LogP contribution >= 0.6 is 0 Å². The number of nitrogens with two attached hydrogens (primary N) is 1. The Labute approximate surface area is 159 Å². The second-order valence-electron chi connectivity index (χ2n) is 6.76. The van der Waals surface area contributed by atoms with Crippen LogP contribution in [0, 0.1) is 0 Å². The van der Waals surface area contributed by atoms with Gasteiger partial charge in [0.1, 0.15) is 5.67 Å². The molecule has 1 atom stereocenters. The van der Waals surface area contributed by atoms with Crippen LogP contribution in [0.2, 0.25) is 0 Å². The van der Waals surface area contributed by atoms with E-state index in [1.54, 1.807) is 36.4 Å². The van der Waals surface area contributed by atoms with Crippen molar-refractivity contribution in [1.29, 1.82) is 0 Å². The Morgan fingerprint density at radius 1 is 0.963 bits per heavy atom. The number of halogens is 1. The first-order valence-electron chi connectivity index (χ1n) is 8.24. The van der Waals surface area contributed by atoms with Crippen LogP contribution in [0.3, 0.4) is 0 Å². The highest BCUT2D eigenvalue weighted by atomic mass is 32.2. The molecule has 1 unspecified atom stereocenters. The van der Waals surface area contributed by atoms with Crippen LogP contribution in [-0.2, 0) is 25.7 Å². The van der Waals surface area contributed by atoms with E-state index in [9.17, 15) is 21.2 Å². The van der Waals surface area contributed by atoms with Crippen molar-refractivity contribution >= 4 is 20.0 Å². The van der Waals surface area contributed by atoms with Gasteiger partial charge in [0, 0.05) is 6.54 Å². The lowest BCUT2D eigenvalue weighted by Gasteiger charge is -2.22. The minimum atomic E-state index is -3.76. The monoisotopic (exact) mass is 414 g/mol. The fraction of sp³-hybridized carbons (Fsp3) is 0.333. The molecule has 0 aromatic heterocycles. The second-order valence-corrected chi connectivity index (χ2v) is 10.6. The summed E-state index contributed by atoms with van der Waals surface area (Å²) in [6.45, 7) is 3.99. The van der Waals surface area contributed by atoms with E-state index in [0.29, 0.717) is 5.56 Å². The van der Waals surface area contributed by atoms with Gasteiger partial charge in [-0.15, -0.1) is 0 Å². The minimum absolute atomic E-state index is 0.0108. The second kappa shape index (κ2) is 7.67. The van der Waals surface area contributed by atoms with Crippen molar-refractivity contribution in [2.75, 3.05) is 6.54 Å². The lowest BCUT2D eigenvalue weighted by atomic mass is 9.95. The number of rotatable bonds is 7. The topological polar surface area (TPSA) is 106 Å². The van der Waals surface area contributed by atoms with Crippen LogP contribution in [0.5, 0.6) is 0 Å². The Morgan fingerprint density at radius 3 is 1.81 bits per heavy atom. The Bertz CT molecular complexity index is 998. The summed E-state index contributed by atoms with van der Waals surface area (Å²) >= 11 is 0. The quantitative estimate of drug-likeness (QED) is 0.726. The molecule has 0 aliphatic rings. The van der Waals surface area contributed by atoms with Gasteiger partial charge in [-0.05, 0) is 49.6 Å². The van der Waals surface area contributed by atoms with Gasteiger partial charge < -0.3 is 0 Å². The summed E-state index contributed by atoms with van der Waals surface area (Å²) < 4.78 is 63.4. The van der Waals surface area contributed by atoms with Crippen molar-refractivity contribution in [1.82, 2.24) is 4.72 Å². The molecule has 0 saturated heterocycles. The summed E-state index contributed by atoms with van der Waals surface area (Å²) in [4.78, 5) is 0.0108. The molecule has 3 N–H and O–H groups in total. The van der Waals surface area contributed by atoms with Crippen LogP contribution in [0.4, 0.5) is 4.39 Å². The van der Waals surface area contributed by atoms with Crippen molar-refractivity contribution in [2.45, 2.75) is 36.6 Å².